The van der Waals surface area contributed by atoms with Gasteiger partial charge in [0.05, 0.1) is 33.2 Å². The first-order valence-corrected chi connectivity index (χ1v) is 7.77. The molecule has 1 aromatic carbocycles. The van der Waals surface area contributed by atoms with Gasteiger partial charge >= 0.3 is 5.97 Å². The monoisotopic (exact) mass is 363 g/mol. The normalized spacial score (nSPS) is 10.3. The maximum atomic E-state index is 12.5. The first kappa shape index (κ1) is 19.2. The molecule has 0 saturated heterocycles. The van der Waals surface area contributed by atoms with E-state index in [1.165, 1.54) is 27.6 Å². The number of aliphatic carboxylic acids is 1. The molecule has 140 valence electrons. The first-order chi connectivity index (χ1) is 12.4. The van der Waals surface area contributed by atoms with E-state index in [2.05, 4.69) is 5.32 Å². The van der Waals surface area contributed by atoms with Crippen molar-refractivity contribution in [2.24, 2.45) is 0 Å². The molecule has 0 bridgehead atoms. The average Bonchev–Trinajstić information content (AvgIpc) is 2.98. The largest absolute Gasteiger partial charge is 0.496 e. The van der Waals surface area contributed by atoms with E-state index in [1.807, 2.05) is 0 Å². The van der Waals surface area contributed by atoms with Gasteiger partial charge in [-0.25, -0.2) is 0 Å². The molecule has 0 aliphatic carbocycles. The molecule has 1 heterocycles. The van der Waals surface area contributed by atoms with Crippen LogP contribution in [-0.2, 0) is 17.8 Å². The van der Waals surface area contributed by atoms with Crippen LogP contribution in [0, 0.1) is 6.92 Å². The van der Waals surface area contributed by atoms with Crippen molar-refractivity contribution in [2.75, 3.05) is 21.3 Å². The van der Waals surface area contributed by atoms with Gasteiger partial charge in [-0.05, 0) is 13.0 Å². The van der Waals surface area contributed by atoms with Gasteiger partial charge in [-0.1, -0.05) is 0 Å². The topological polar surface area (TPSA) is 107 Å². The second-order valence-corrected chi connectivity index (χ2v) is 5.49. The van der Waals surface area contributed by atoms with Crippen LogP contribution in [0.1, 0.15) is 27.2 Å². The lowest BCUT2D eigenvalue weighted by Crippen LogP contribution is -2.24. The summed E-state index contributed by atoms with van der Waals surface area (Å²) >= 11 is 0. The maximum absolute atomic E-state index is 12.5. The van der Waals surface area contributed by atoms with E-state index in [1.54, 1.807) is 19.1 Å². The lowest BCUT2D eigenvalue weighted by molar-refractivity contribution is -0.136. The molecular weight excluding hydrogens is 342 g/mol. The van der Waals surface area contributed by atoms with Crippen LogP contribution in [0.4, 0.5) is 0 Å². The van der Waals surface area contributed by atoms with Crippen LogP contribution in [-0.4, -0.2) is 38.3 Å². The summed E-state index contributed by atoms with van der Waals surface area (Å²) in [5.74, 6) is 0.154. The molecule has 1 amide bonds. The van der Waals surface area contributed by atoms with E-state index in [-0.39, 0.29) is 24.3 Å². The summed E-state index contributed by atoms with van der Waals surface area (Å²) in [5, 5.41) is 11.7. The number of ether oxygens (including phenoxy) is 3. The van der Waals surface area contributed by atoms with Crippen molar-refractivity contribution in [1.29, 1.82) is 0 Å². The number of hydrogen-bond acceptors (Lipinski definition) is 6. The van der Waals surface area contributed by atoms with Gasteiger partial charge in [0.15, 0.2) is 11.5 Å². The van der Waals surface area contributed by atoms with Crippen LogP contribution in [0.25, 0.3) is 0 Å². The molecule has 0 unspecified atom stereocenters. The average molecular weight is 363 g/mol. The van der Waals surface area contributed by atoms with Crippen LogP contribution in [0.15, 0.2) is 22.8 Å². The Kier molecular flexibility index (Phi) is 6.11. The third kappa shape index (κ3) is 4.08. The van der Waals surface area contributed by atoms with Crippen molar-refractivity contribution in [3.05, 3.63) is 40.8 Å². The van der Waals surface area contributed by atoms with E-state index in [0.29, 0.717) is 28.4 Å². The minimum absolute atomic E-state index is 0.117. The molecule has 0 aliphatic rings. The predicted molar refractivity (Wildman–Crippen MR) is 92.1 cm³/mol. The van der Waals surface area contributed by atoms with Crippen molar-refractivity contribution in [3.8, 4) is 17.2 Å². The van der Waals surface area contributed by atoms with Crippen LogP contribution in [0.2, 0.25) is 0 Å². The number of furan rings is 1. The van der Waals surface area contributed by atoms with Crippen LogP contribution in [0.5, 0.6) is 17.2 Å². The maximum Gasteiger partial charge on any atom is 0.311 e. The van der Waals surface area contributed by atoms with Gasteiger partial charge in [-0.2, -0.15) is 0 Å². The van der Waals surface area contributed by atoms with Crippen LogP contribution >= 0.6 is 0 Å². The fourth-order valence-corrected chi connectivity index (χ4v) is 2.56. The van der Waals surface area contributed by atoms with Gasteiger partial charge in [-0.3, -0.25) is 9.59 Å². The summed E-state index contributed by atoms with van der Waals surface area (Å²) in [6.45, 7) is 1.83. The number of carbonyl (C=O) groups is 2. The molecule has 2 N–H and O–H groups in total. The molecule has 1 aromatic heterocycles. The van der Waals surface area contributed by atoms with Gasteiger partial charge in [-0.15, -0.1) is 0 Å². The molecule has 0 fully saturated rings. The Bertz CT molecular complexity index is 810. The fourth-order valence-electron chi connectivity index (χ4n) is 2.56. The molecule has 0 radical (unpaired) electrons. The van der Waals surface area contributed by atoms with Gasteiger partial charge < -0.3 is 29.1 Å². The number of aryl methyl sites for hydroxylation is 1. The number of benzene rings is 1. The second-order valence-electron chi connectivity index (χ2n) is 5.49. The first-order valence-electron chi connectivity index (χ1n) is 7.77. The van der Waals surface area contributed by atoms with Crippen molar-refractivity contribution < 1.29 is 33.3 Å². The van der Waals surface area contributed by atoms with E-state index in [0.717, 1.165) is 0 Å². The predicted octanol–water partition coefficient (Wildman–Crippen LogP) is 2.17. The summed E-state index contributed by atoms with van der Waals surface area (Å²) in [5.41, 5.74) is 1.48. The molecule has 0 aliphatic heterocycles. The highest BCUT2D eigenvalue weighted by Crippen LogP contribution is 2.34. The van der Waals surface area contributed by atoms with Gasteiger partial charge in [0.1, 0.15) is 17.9 Å². The third-order valence-corrected chi connectivity index (χ3v) is 3.82. The van der Waals surface area contributed by atoms with E-state index in [9.17, 15) is 9.59 Å². The minimum atomic E-state index is -1.07. The summed E-state index contributed by atoms with van der Waals surface area (Å²) in [6.07, 6.45) is 1.00. The number of hydrogen-bond donors (Lipinski definition) is 2. The minimum Gasteiger partial charge on any atom is -0.496 e. The van der Waals surface area contributed by atoms with Crippen molar-refractivity contribution >= 4 is 11.9 Å². The molecular formula is C18H21NO7. The van der Waals surface area contributed by atoms with Gasteiger partial charge in [0, 0.05) is 23.7 Å². The van der Waals surface area contributed by atoms with E-state index < -0.39 is 11.9 Å². The van der Waals surface area contributed by atoms with Gasteiger partial charge in [0.2, 0.25) is 0 Å². The molecule has 0 saturated carbocycles. The molecule has 8 nitrogen and oxygen atoms in total. The molecule has 0 spiro atoms. The fraction of sp³-hybridized carbons (Fsp3) is 0.333. The summed E-state index contributed by atoms with van der Waals surface area (Å²) < 4.78 is 21.0. The Morgan fingerprint density at radius 1 is 1.08 bits per heavy atom. The second kappa shape index (κ2) is 8.28. The summed E-state index contributed by atoms with van der Waals surface area (Å²) in [7, 11) is 4.54. The van der Waals surface area contributed by atoms with E-state index >= 15 is 0 Å². The number of carboxylic acids is 1. The molecule has 2 rings (SSSR count). The SMILES string of the molecule is COc1cc(OC)c(OC)cc1CNC(=O)c1c(C)coc1CC(=O)O. The number of nitrogens with one attached hydrogen (secondary N) is 1. The molecule has 26 heavy (non-hydrogen) atoms. The van der Waals surface area contributed by atoms with Crippen molar-refractivity contribution in [1.82, 2.24) is 5.32 Å². The number of methoxy groups -OCH3 is 3. The lowest BCUT2D eigenvalue weighted by atomic mass is 10.1. The quantitative estimate of drug-likeness (QED) is 0.740. The standard InChI is InChI=1S/C18H21NO7/c1-10-9-26-15(7-16(20)21)17(10)18(22)19-8-11-5-13(24-3)14(25-4)6-12(11)23-2/h5-6,9H,7-8H2,1-4H3,(H,19,22)(H,20,21). The highest BCUT2D eigenvalue weighted by Gasteiger charge is 2.21. The number of rotatable bonds is 8. The van der Waals surface area contributed by atoms with Crippen LogP contribution in [0.3, 0.4) is 0 Å². The smallest absolute Gasteiger partial charge is 0.311 e. The zero-order chi connectivity index (χ0) is 19.3. The summed E-state index contributed by atoms with van der Waals surface area (Å²) in [4.78, 5) is 23.4. The van der Waals surface area contributed by atoms with Crippen molar-refractivity contribution in [3.63, 3.8) is 0 Å². The molecule has 8 heteroatoms. The van der Waals surface area contributed by atoms with Gasteiger partial charge in [0.25, 0.3) is 5.91 Å². The summed E-state index contributed by atoms with van der Waals surface area (Å²) in [6, 6.07) is 3.37. The Balaban J connectivity index is 2.22. The van der Waals surface area contributed by atoms with Crippen LogP contribution < -0.4 is 19.5 Å². The lowest BCUT2D eigenvalue weighted by Gasteiger charge is -2.14. The number of carbonyl (C=O) groups excluding carboxylic acids is 1. The van der Waals surface area contributed by atoms with Crippen molar-refractivity contribution in [2.45, 2.75) is 19.9 Å². The Morgan fingerprint density at radius 3 is 2.27 bits per heavy atom. The molecule has 2 aromatic rings. The Morgan fingerprint density at radius 2 is 1.69 bits per heavy atom. The highest BCUT2D eigenvalue weighted by molar-refractivity contribution is 5.97. The Labute approximate surface area is 150 Å². The molecule has 0 atom stereocenters. The van der Waals surface area contributed by atoms with E-state index in [4.69, 9.17) is 23.7 Å². The zero-order valence-corrected chi connectivity index (χ0v) is 15.0. The number of amides is 1. The highest BCUT2D eigenvalue weighted by atomic mass is 16.5. The zero-order valence-electron chi connectivity index (χ0n) is 15.0. The number of carboxylic acid groups (broad SMARTS) is 1. The third-order valence-electron chi connectivity index (χ3n) is 3.82. The Hall–Kier alpha value is -3.16.